The Bertz CT molecular complexity index is 1180. The van der Waals surface area contributed by atoms with Crippen LogP contribution in [0.5, 0.6) is 5.75 Å². The number of carbonyl (C=O) groups is 1. The van der Waals surface area contributed by atoms with Crippen LogP contribution in [0.15, 0.2) is 74.7 Å². The standard InChI is InChI=1S/C20H16N6O2S2/c1-25-14-10-13(28-2)8-9-15(14)29-18(25)16-17(27)26(12-6-4-3-5-7-12)20(30-16)23-19-21-11-22-24-19/h3-11H,1-2H3,(H,21,22,24). The number of nitrogens with one attached hydrogen (secondary N) is 1. The van der Waals surface area contributed by atoms with Gasteiger partial charge in [-0.15, -0.1) is 0 Å². The number of amides is 1. The summed E-state index contributed by atoms with van der Waals surface area (Å²) in [5.74, 6) is 0.993. The number of fused-ring (bicyclic) bond motifs is 1. The predicted molar refractivity (Wildman–Crippen MR) is 119 cm³/mol. The maximum atomic E-state index is 13.5. The van der Waals surface area contributed by atoms with Crippen LogP contribution in [-0.4, -0.2) is 40.4 Å². The van der Waals surface area contributed by atoms with Crippen molar-refractivity contribution < 1.29 is 9.53 Å². The molecule has 0 atom stereocenters. The Morgan fingerprint density at radius 2 is 1.97 bits per heavy atom. The fourth-order valence-corrected chi connectivity index (χ4v) is 5.49. The quantitative estimate of drug-likeness (QED) is 0.621. The summed E-state index contributed by atoms with van der Waals surface area (Å²) in [7, 11) is 3.59. The van der Waals surface area contributed by atoms with Crippen molar-refractivity contribution >= 4 is 51.9 Å². The molecule has 1 fully saturated rings. The van der Waals surface area contributed by atoms with Gasteiger partial charge in [-0.2, -0.15) is 15.1 Å². The Balaban J connectivity index is 1.59. The van der Waals surface area contributed by atoms with Crippen LogP contribution in [0.2, 0.25) is 0 Å². The Morgan fingerprint density at radius 1 is 1.13 bits per heavy atom. The molecule has 5 rings (SSSR count). The first-order chi connectivity index (χ1) is 14.7. The molecule has 150 valence electrons. The molecule has 8 nitrogen and oxygen atoms in total. The zero-order chi connectivity index (χ0) is 20.7. The number of aliphatic imine (C=N–C) groups is 1. The van der Waals surface area contributed by atoms with E-state index in [2.05, 4.69) is 20.2 Å². The zero-order valence-electron chi connectivity index (χ0n) is 16.1. The molecular weight excluding hydrogens is 420 g/mol. The Labute approximate surface area is 181 Å². The van der Waals surface area contributed by atoms with Gasteiger partial charge in [-0.25, -0.2) is 5.10 Å². The molecule has 2 aliphatic rings. The molecule has 30 heavy (non-hydrogen) atoms. The first kappa shape index (κ1) is 18.8. The zero-order valence-corrected chi connectivity index (χ0v) is 17.7. The van der Waals surface area contributed by atoms with Crippen LogP contribution in [0, 0.1) is 0 Å². The largest absolute Gasteiger partial charge is 0.497 e. The third-order valence-corrected chi connectivity index (χ3v) is 7.03. The van der Waals surface area contributed by atoms with Gasteiger partial charge in [-0.1, -0.05) is 30.0 Å². The Kier molecular flexibility index (Phi) is 4.72. The summed E-state index contributed by atoms with van der Waals surface area (Å²) in [5.41, 5.74) is 1.75. The lowest BCUT2D eigenvalue weighted by atomic mass is 10.2. The second-order valence-corrected chi connectivity index (χ2v) is 8.42. The first-order valence-electron chi connectivity index (χ1n) is 9.01. The number of methoxy groups -OCH3 is 1. The van der Waals surface area contributed by atoms with Crippen molar-refractivity contribution in [3.8, 4) is 5.75 Å². The smallest absolute Gasteiger partial charge is 0.274 e. The van der Waals surface area contributed by atoms with Crippen LogP contribution in [0.1, 0.15) is 0 Å². The molecule has 3 aromatic rings. The van der Waals surface area contributed by atoms with Crippen molar-refractivity contribution in [3.63, 3.8) is 0 Å². The van der Waals surface area contributed by atoms with E-state index < -0.39 is 0 Å². The number of ether oxygens (including phenoxy) is 1. The number of hydrogen-bond acceptors (Lipinski definition) is 8. The minimum atomic E-state index is -0.126. The SMILES string of the molecule is COc1ccc2c(c1)N(C)C(=C1SC(=Nc3ncn[nH]3)N(c3ccccc3)C1=O)S2. The number of H-pyrrole nitrogens is 1. The molecular formula is C20H16N6O2S2. The number of aromatic amines is 1. The lowest BCUT2D eigenvalue weighted by Crippen LogP contribution is -2.29. The third kappa shape index (κ3) is 3.14. The minimum absolute atomic E-state index is 0.126. The molecule has 2 aliphatic heterocycles. The second-order valence-electron chi connectivity index (χ2n) is 6.41. The second kappa shape index (κ2) is 7.54. The van der Waals surface area contributed by atoms with E-state index in [1.807, 2.05) is 60.5 Å². The summed E-state index contributed by atoms with van der Waals surface area (Å²) in [6, 6.07) is 15.4. The van der Waals surface area contributed by atoms with Crippen molar-refractivity contribution in [1.82, 2.24) is 15.2 Å². The van der Waals surface area contributed by atoms with Gasteiger partial charge < -0.3 is 9.64 Å². The van der Waals surface area contributed by atoms with Crippen molar-refractivity contribution in [3.05, 3.63) is 64.8 Å². The number of carbonyl (C=O) groups excluding carboxylic acids is 1. The average Bonchev–Trinajstić information content (AvgIpc) is 3.47. The van der Waals surface area contributed by atoms with Crippen molar-refractivity contribution in [1.29, 1.82) is 0 Å². The van der Waals surface area contributed by atoms with Gasteiger partial charge >= 0.3 is 0 Å². The molecule has 0 unspecified atom stereocenters. The molecule has 1 amide bonds. The number of aromatic nitrogens is 3. The number of hydrogen-bond donors (Lipinski definition) is 1. The van der Waals surface area contributed by atoms with E-state index in [9.17, 15) is 4.79 Å². The maximum absolute atomic E-state index is 13.5. The fourth-order valence-electron chi connectivity index (χ4n) is 3.18. The summed E-state index contributed by atoms with van der Waals surface area (Å²) in [5, 5.41) is 7.95. The Morgan fingerprint density at radius 3 is 2.70 bits per heavy atom. The number of rotatable bonds is 3. The van der Waals surface area contributed by atoms with E-state index in [-0.39, 0.29) is 5.91 Å². The highest BCUT2D eigenvalue weighted by molar-refractivity contribution is 8.20. The topological polar surface area (TPSA) is 86.7 Å². The molecule has 0 spiro atoms. The van der Waals surface area contributed by atoms with Gasteiger partial charge in [0.2, 0.25) is 5.95 Å². The highest BCUT2D eigenvalue weighted by Crippen LogP contribution is 2.51. The fraction of sp³-hybridized carbons (Fsp3) is 0.100. The molecule has 0 aliphatic carbocycles. The van der Waals surface area contributed by atoms with Gasteiger partial charge in [0.05, 0.1) is 23.5 Å². The normalized spacial score (nSPS) is 19.7. The van der Waals surface area contributed by atoms with E-state index in [1.165, 1.54) is 18.1 Å². The summed E-state index contributed by atoms with van der Waals surface area (Å²) in [4.78, 5) is 27.4. The van der Waals surface area contributed by atoms with Gasteiger partial charge in [0.15, 0.2) is 5.17 Å². The van der Waals surface area contributed by atoms with Gasteiger partial charge in [0.25, 0.3) is 5.91 Å². The molecule has 1 aromatic heterocycles. The van der Waals surface area contributed by atoms with Crippen LogP contribution in [0.3, 0.4) is 0 Å². The number of nitrogens with zero attached hydrogens (tertiary/aromatic N) is 5. The molecule has 1 N–H and O–H groups in total. The van der Waals surface area contributed by atoms with Gasteiger partial charge in [-0.3, -0.25) is 9.69 Å². The van der Waals surface area contributed by atoms with E-state index in [0.717, 1.165) is 27.0 Å². The number of benzene rings is 2. The van der Waals surface area contributed by atoms with Crippen LogP contribution in [0.25, 0.3) is 0 Å². The highest BCUT2D eigenvalue weighted by Gasteiger charge is 2.40. The summed E-state index contributed by atoms with van der Waals surface area (Å²) in [6.07, 6.45) is 1.39. The molecule has 3 heterocycles. The van der Waals surface area contributed by atoms with E-state index in [1.54, 1.807) is 23.8 Å². The van der Waals surface area contributed by atoms with Crippen molar-refractivity contribution in [2.75, 3.05) is 24.0 Å². The number of amidine groups is 1. The van der Waals surface area contributed by atoms with Crippen LogP contribution in [-0.2, 0) is 4.79 Å². The van der Waals surface area contributed by atoms with Crippen molar-refractivity contribution in [2.45, 2.75) is 4.90 Å². The lowest BCUT2D eigenvalue weighted by Gasteiger charge is -2.16. The van der Waals surface area contributed by atoms with Crippen LogP contribution >= 0.6 is 23.5 Å². The van der Waals surface area contributed by atoms with Crippen LogP contribution < -0.4 is 14.5 Å². The molecule has 2 aromatic carbocycles. The monoisotopic (exact) mass is 436 g/mol. The molecule has 1 saturated heterocycles. The van der Waals surface area contributed by atoms with E-state index >= 15 is 0 Å². The minimum Gasteiger partial charge on any atom is -0.497 e. The van der Waals surface area contributed by atoms with Crippen molar-refractivity contribution in [2.24, 2.45) is 4.99 Å². The van der Waals surface area contributed by atoms with Gasteiger partial charge in [0.1, 0.15) is 17.0 Å². The summed E-state index contributed by atoms with van der Waals surface area (Å²) in [6.45, 7) is 0. The Hall–Kier alpha value is -3.24. The number of para-hydroxylation sites is 1. The highest BCUT2D eigenvalue weighted by atomic mass is 32.2. The maximum Gasteiger partial charge on any atom is 0.274 e. The van der Waals surface area contributed by atoms with Crippen LogP contribution in [0.4, 0.5) is 17.3 Å². The van der Waals surface area contributed by atoms with Gasteiger partial charge in [0, 0.05) is 18.0 Å². The predicted octanol–water partition coefficient (Wildman–Crippen LogP) is 3.99. The lowest BCUT2D eigenvalue weighted by molar-refractivity contribution is -0.113. The van der Waals surface area contributed by atoms with Gasteiger partial charge in [-0.05, 0) is 36.0 Å². The first-order valence-corrected chi connectivity index (χ1v) is 10.6. The third-order valence-electron chi connectivity index (χ3n) is 4.63. The number of anilines is 2. The molecule has 0 bridgehead atoms. The van der Waals surface area contributed by atoms with E-state index in [4.69, 9.17) is 4.74 Å². The molecule has 10 heteroatoms. The summed E-state index contributed by atoms with van der Waals surface area (Å²) < 4.78 is 5.35. The number of thioether (sulfide) groups is 2. The molecule has 0 saturated carbocycles. The molecule has 0 radical (unpaired) electrons. The van der Waals surface area contributed by atoms with E-state index in [0.29, 0.717) is 16.0 Å². The summed E-state index contributed by atoms with van der Waals surface area (Å²) >= 11 is 2.89. The average molecular weight is 437 g/mol.